The zero-order valence-electron chi connectivity index (χ0n) is 15.3. The number of hydrogen-bond acceptors (Lipinski definition) is 6. The molecule has 1 heterocycles. The Balaban J connectivity index is 1.55. The number of tetrazole rings is 1. The first kappa shape index (κ1) is 20.2. The maximum atomic E-state index is 14.0. The van der Waals surface area contributed by atoms with Crippen molar-refractivity contribution in [3.63, 3.8) is 0 Å². The molecule has 150 valence electrons. The van der Waals surface area contributed by atoms with Crippen molar-refractivity contribution in [3.05, 3.63) is 59.6 Å². The highest BCUT2D eigenvalue weighted by Crippen LogP contribution is 2.20. The minimum absolute atomic E-state index is 0.111. The molecule has 0 bridgehead atoms. The Bertz CT molecular complexity index is 1010. The Morgan fingerprint density at radius 3 is 2.72 bits per heavy atom. The summed E-state index contributed by atoms with van der Waals surface area (Å²) in [5.74, 6) is -1.33. The average molecular weight is 418 g/mol. The molecule has 0 fully saturated rings. The number of carbonyl (C=O) groups excluding carboxylic acids is 2. The van der Waals surface area contributed by atoms with Gasteiger partial charge < -0.3 is 15.5 Å². The van der Waals surface area contributed by atoms with Gasteiger partial charge in [-0.05, 0) is 40.8 Å². The van der Waals surface area contributed by atoms with E-state index in [4.69, 9.17) is 11.6 Å². The van der Waals surface area contributed by atoms with Crippen LogP contribution in [-0.4, -0.2) is 57.1 Å². The van der Waals surface area contributed by atoms with Crippen LogP contribution in [0.3, 0.4) is 0 Å². The fourth-order valence-electron chi connectivity index (χ4n) is 2.43. The molecule has 3 rings (SSSR count). The monoisotopic (exact) mass is 417 g/mol. The van der Waals surface area contributed by atoms with Gasteiger partial charge in [-0.15, -0.1) is 5.10 Å². The number of carbonyl (C=O) groups is 2. The molecule has 0 aliphatic carbocycles. The number of nitrogens with one attached hydrogen (secondary N) is 2. The standard InChI is InChI=1S/C18H17ClFN7O2/c1-26(10-17(28)23-15-5-3-2-4-13(15)19)18(29)9-21-16-8-12(6-7-14(16)20)27-11-22-24-25-27/h2-8,11,21H,9-10H2,1H3,(H,23,28). The zero-order valence-corrected chi connectivity index (χ0v) is 16.1. The SMILES string of the molecule is CN(CC(=O)Nc1ccccc1Cl)C(=O)CNc1cc(-n2cnnn2)ccc1F. The molecule has 0 spiro atoms. The molecular weight excluding hydrogens is 401 g/mol. The van der Waals surface area contributed by atoms with Gasteiger partial charge >= 0.3 is 0 Å². The van der Waals surface area contributed by atoms with E-state index in [2.05, 4.69) is 26.2 Å². The van der Waals surface area contributed by atoms with E-state index in [1.54, 1.807) is 24.3 Å². The molecule has 2 aromatic carbocycles. The normalized spacial score (nSPS) is 10.4. The molecule has 0 atom stereocenters. The fourth-order valence-corrected chi connectivity index (χ4v) is 2.62. The molecule has 3 aromatic rings. The zero-order chi connectivity index (χ0) is 20.8. The van der Waals surface area contributed by atoms with Crippen LogP contribution in [0.15, 0.2) is 48.8 Å². The van der Waals surface area contributed by atoms with E-state index in [0.717, 1.165) is 0 Å². The number of nitrogens with zero attached hydrogens (tertiary/aromatic N) is 5. The fraction of sp³-hybridized carbons (Fsp3) is 0.167. The van der Waals surface area contributed by atoms with E-state index in [-0.39, 0.29) is 18.8 Å². The number of rotatable bonds is 7. The molecule has 0 aliphatic rings. The van der Waals surface area contributed by atoms with Crippen LogP contribution in [0.25, 0.3) is 5.69 Å². The number of likely N-dealkylation sites (N-methyl/N-ethyl adjacent to an activating group) is 1. The van der Waals surface area contributed by atoms with Gasteiger partial charge in [0.1, 0.15) is 12.1 Å². The molecule has 9 nitrogen and oxygen atoms in total. The quantitative estimate of drug-likeness (QED) is 0.609. The Morgan fingerprint density at radius 2 is 2.00 bits per heavy atom. The van der Waals surface area contributed by atoms with Crippen LogP contribution < -0.4 is 10.6 Å². The van der Waals surface area contributed by atoms with E-state index in [1.807, 2.05) is 0 Å². The van der Waals surface area contributed by atoms with Gasteiger partial charge in [-0.3, -0.25) is 9.59 Å². The van der Waals surface area contributed by atoms with Gasteiger partial charge in [-0.25, -0.2) is 9.07 Å². The van der Waals surface area contributed by atoms with Gasteiger partial charge in [0.15, 0.2) is 0 Å². The van der Waals surface area contributed by atoms with Crippen molar-refractivity contribution in [2.45, 2.75) is 0 Å². The maximum absolute atomic E-state index is 14.0. The van der Waals surface area contributed by atoms with E-state index in [9.17, 15) is 14.0 Å². The van der Waals surface area contributed by atoms with Gasteiger partial charge in [0.2, 0.25) is 11.8 Å². The van der Waals surface area contributed by atoms with Crippen LogP contribution in [0.5, 0.6) is 0 Å². The molecule has 0 saturated carbocycles. The first-order valence-electron chi connectivity index (χ1n) is 8.49. The highest BCUT2D eigenvalue weighted by molar-refractivity contribution is 6.33. The summed E-state index contributed by atoms with van der Waals surface area (Å²) in [6.07, 6.45) is 1.37. The summed E-state index contributed by atoms with van der Waals surface area (Å²) < 4.78 is 15.4. The lowest BCUT2D eigenvalue weighted by atomic mass is 10.2. The third kappa shape index (κ3) is 5.26. The lowest BCUT2D eigenvalue weighted by Crippen LogP contribution is -2.38. The highest BCUT2D eigenvalue weighted by Gasteiger charge is 2.15. The number of hydrogen-bond donors (Lipinski definition) is 2. The second kappa shape index (κ2) is 9.11. The predicted molar refractivity (Wildman–Crippen MR) is 105 cm³/mol. The summed E-state index contributed by atoms with van der Waals surface area (Å²) >= 11 is 5.99. The van der Waals surface area contributed by atoms with Crippen molar-refractivity contribution in [2.75, 3.05) is 30.8 Å². The Labute approximate surface area is 170 Å². The van der Waals surface area contributed by atoms with Crippen molar-refractivity contribution in [3.8, 4) is 5.69 Å². The molecule has 0 aliphatic heterocycles. The number of amides is 2. The Kier molecular flexibility index (Phi) is 6.35. The summed E-state index contributed by atoms with van der Waals surface area (Å²) in [6, 6.07) is 11.0. The topological polar surface area (TPSA) is 105 Å². The molecule has 0 saturated heterocycles. The molecular formula is C18H17ClFN7O2. The first-order chi connectivity index (χ1) is 13.9. The first-order valence-corrected chi connectivity index (χ1v) is 8.87. The van der Waals surface area contributed by atoms with E-state index < -0.39 is 17.6 Å². The van der Waals surface area contributed by atoms with Gasteiger partial charge in [0, 0.05) is 7.05 Å². The summed E-state index contributed by atoms with van der Waals surface area (Å²) in [7, 11) is 1.48. The van der Waals surface area contributed by atoms with Crippen LogP contribution in [-0.2, 0) is 9.59 Å². The van der Waals surface area contributed by atoms with E-state index in [1.165, 1.54) is 41.2 Å². The second-order valence-electron chi connectivity index (χ2n) is 6.05. The third-order valence-corrected chi connectivity index (χ3v) is 4.28. The van der Waals surface area contributed by atoms with Crippen molar-refractivity contribution in [1.82, 2.24) is 25.1 Å². The minimum atomic E-state index is -0.534. The molecule has 0 unspecified atom stereocenters. The van der Waals surface area contributed by atoms with Gasteiger partial charge in [0.05, 0.1) is 35.2 Å². The van der Waals surface area contributed by atoms with Crippen molar-refractivity contribution < 1.29 is 14.0 Å². The summed E-state index contributed by atoms with van der Waals surface area (Å²) in [5, 5.41) is 16.5. The maximum Gasteiger partial charge on any atom is 0.244 e. The molecule has 11 heteroatoms. The number of para-hydroxylation sites is 1. The Hall–Kier alpha value is -3.53. The van der Waals surface area contributed by atoms with Gasteiger partial charge in [-0.2, -0.15) is 0 Å². The average Bonchev–Trinajstić information content (AvgIpc) is 3.23. The summed E-state index contributed by atoms with van der Waals surface area (Å²) in [5.41, 5.74) is 1.10. The van der Waals surface area contributed by atoms with Gasteiger partial charge in [-0.1, -0.05) is 23.7 Å². The number of aromatic nitrogens is 4. The molecule has 2 N–H and O–H groups in total. The molecule has 0 radical (unpaired) electrons. The Morgan fingerprint density at radius 1 is 1.21 bits per heavy atom. The highest BCUT2D eigenvalue weighted by atomic mass is 35.5. The molecule has 2 amide bonds. The lowest BCUT2D eigenvalue weighted by Gasteiger charge is -2.18. The minimum Gasteiger partial charge on any atom is -0.374 e. The van der Waals surface area contributed by atoms with Crippen LogP contribution in [0, 0.1) is 5.82 Å². The van der Waals surface area contributed by atoms with Crippen LogP contribution in [0.1, 0.15) is 0 Å². The third-order valence-electron chi connectivity index (χ3n) is 3.95. The molecule has 1 aromatic heterocycles. The predicted octanol–water partition coefficient (Wildman–Crippen LogP) is 1.96. The number of halogens is 2. The largest absolute Gasteiger partial charge is 0.374 e. The summed E-state index contributed by atoms with van der Waals surface area (Å²) in [4.78, 5) is 25.6. The van der Waals surface area contributed by atoms with Crippen molar-refractivity contribution in [2.24, 2.45) is 0 Å². The van der Waals surface area contributed by atoms with Crippen LogP contribution >= 0.6 is 11.6 Å². The van der Waals surface area contributed by atoms with Gasteiger partial charge in [0.25, 0.3) is 0 Å². The number of benzene rings is 2. The summed E-state index contributed by atoms with van der Waals surface area (Å²) in [6.45, 7) is -0.384. The van der Waals surface area contributed by atoms with E-state index in [0.29, 0.717) is 16.4 Å². The van der Waals surface area contributed by atoms with E-state index >= 15 is 0 Å². The van der Waals surface area contributed by atoms with Crippen molar-refractivity contribution >= 4 is 34.8 Å². The second-order valence-corrected chi connectivity index (χ2v) is 6.46. The molecule has 29 heavy (non-hydrogen) atoms. The van der Waals surface area contributed by atoms with Crippen LogP contribution in [0.4, 0.5) is 15.8 Å². The lowest BCUT2D eigenvalue weighted by molar-refractivity contribution is -0.131. The smallest absolute Gasteiger partial charge is 0.244 e. The number of anilines is 2. The van der Waals surface area contributed by atoms with Crippen LogP contribution in [0.2, 0.25) is 5.02 Å². The van der Waals surface area contributed by atoms with Crippen molar-refractivity contribution in [1.29, 1.82) is 0 Å².